The van der Waals surface area contributed by atoms with Crippen LogP contribution in [0.25, 0.3) is 10.9 Å². The summed E-state index contributed by atoms with van der Waals surface area (Å²) >= 11 is 0. The summed E-state index contributed by atoms with van der Waals surface area (Å²) in [6, 6.07) is 9.87. The van der Waals surface area contributed by atoms with Crippen molar-refractivity contribution in [2.75, 3.05) is 7.11 Å². The van der Waals surface area contributed by atoms with Crippen LogP contribution >= 0.6 is 0 Å². The highest BCUT2D eigenvalue weighted by atomic mass is 16.5. The molecular formula is C15H17NO2. The molecule has 0 atom stereocenters. The van der Waals surface area contributed by atoms with E-state index in [9.17, 15) is 4.79 Å². The predicted octanol–water partition coefficient (Wildman–Crippen LogP) is 2.99. The molecule has 0 radical (unpaired) electrons. The first-order chi connectivity index (χ1) is 8.46. The van der Waals surface area contributed by atoms with Gasteiger partial charge >= 0.3 is 5.97 Å². The van der Waals surface area contributed by atoms with Gasteiger partial charge in [-0.25, -0.2) is 0 Å². The van der Waals surface area contributed by atoms with Crippen LogP contribution < -0.4 is 0 Å². The lowest BCUT2D eigenvalue weighted by atomic mass is 9.83. The van der Waals surface area contributed by atoms with Gasteiger partial charge in [0.05, 0.1) is 18.0 Å². The van der Waals surface area contributed by atoms with Crippen LogP contribution in [0.15, 0.2) is 30.3 Å². The van der Waals surface area contributed by atoms with E-state index in [1.807, 2.05) is 51.1 Å². The Labute approximate surface area is 107 Å². The van der Waals surface area contributed by atoms with Gasteiger partial charge in [-0.1, -0.05) is 24.3 Å². The Morgan fingerprint density at radius 3 is 2.61 bits per heavy atom. The Hall–Kier alpha value is -1.90. The molecular weight excluding hydrogens is 226 g/mol. The molecule has 0 unspecified atom stereocenters. The second-order valence-corrected chi connectivity index (χ2v) is 4.95. The molecule has 0 aliphatic heterocycles. The maximum Gasteiger partial charge on any atom is 0.315 e. The molecule has 3 heteroatoms. The molecule has 0 aliphatic carbocycles. The molecule has 0 fully saturated rings. The first-order valence-electron chi connectivity index (χ1n) is 5.92. The normalized spacial score (nSPS) is 11.6. The lowest BCUT2D eigenvalue weighted by Gasteiger charge is -2.23. The highest BCUT2D eigenvalue weighted by Crippen LogP contribution is 2.30. The lowest BCUT2D eigenvalue weighted by molar-refractivity contribution is -0.146. The molecule has 0 amide bonds. The number of pyridine rings is 1. The minimum atomic E-state index is -0.699. The molecule has 94 valence electrons. The number of aryl methyl sites for hydroxylation is 1. The summed E-state index contributed by atoms with van der Waals surface area (Å²) in [5.41, 5.74) is 2.01. The number of fused-ring (bicyclic) bond motifs is 1. The summed E-state index contributed by atoms with van der Waals surface area (Å²) in [6.07, 6.45) is 0. The number of hydrogen-bond acceptors (Lipinski definition) is 3. The van der Waals surface area contributed by atoms with Gasteiger partial charge in [0.2, 0.25) is 0 Å². The summed E-state index contributed by atoms with van der Waals surface area (Å²) in [5, 5.41) is 1.04. The molecule has 1 aromatic carbocycles. The third-order valence-electron chi connectivity index (χ3n) is 3.23. The molecule has 0 aliphatic rings. The van der Waals surface area contributed by atoms with Crippen LogP contribution in [0.2, 0.25) is 0 Å². The fraction of sp³-hybridized carbons (Fsp3) is 0.333. The second-order valence-electron chi connectivity index (χ2n) is 4.95. The van der Waals surface area contributed by atoms with Crippen LogP contribution in [0, 0.1) is 6.92 Å². The molecule has 3 nitrogen and oxygen atoms in total. The fourth-order valence-electron chi connectivity index (χ4n) is 2.11. The highest BCUT2D eigenvalue weighted by molar-refractivity contribution is 5.91. The zero-order chi connectivity index (χ0) is 13.3. The van der Waals surface area contributed by atoms with E-state index in [0.717, 1.165) is 22.2 Å². The van der Waals surface area contributed by atoms with Crippen LogP contribution in [0.5, 0.6) is 0 Å². The third kappa shape index (κ3) is 1.96. The fourth-order valence-corrected chi connectivity index (χ4v) is 2.11. The molecule has 1 aromatic heterocycles. The lowest BCUT2D eigenvalue weighted by Crippen LogP contribution is -2.30. The molecule has 0 N–H and O–H groups in total. The summed E-state index contributed by atoms with van der Waals surface area (Å²) in [6.45, 7) is 5.66. The Balaban J connectivity index is 2.71. The molecule has 0 bridgehead atoms. The third-order valence-corrected chi connectivity index (χ3v) is 3.23. The van der Waals surface area contributed by atoms with E-state index < -0.39 is 5.41 Å². The van der Waals surface area contributed by atoms with Gasteiger partial charge in [-0.05, 0) is 32.4 Å². The van der Waals surface area contributed by atoms with Gasteiger partial charge in [0, 0.05) is 11.1 Å². The highest BCUT2D eigenvalue weighted by Gasteiger charge is 2.32. The molecule has 1 heterocycles. The quantitative estimate of drug-likeness (QED) is 0.761. The molecule has 2 rings (SSSR count). The SMILES string of the molecule is COC(=O)C(C)(C)c1cccc2ccc(C)nc12. The second kappa shape index (κ2) is 4.41. The van der Waals surface area contributed by atoms with Gasteiger partial charge in [-0.3, -0.25) is 9.78 Å². The van der Waals surface area contributed by atoms with Crippen LogP contribution in [0.4, 0.5) is 0 Å². The first kappa shape index (κ1) is 12.6. The van der Waals surface area contributed by atoms with Crippen molar-refractivity contribution in [1.29, 1.82) is 0 Å². The zero-order valence-electron chi connectivity index (χ0n) is 11.2. The van der Waals surface area contributed by atoms with Crippen molar-refractivity contribution in [2.24, 2.45) is 0 Å². The topological polar surface area (TPSA) is 39.2 Å². The van der Waals surface area contributed by atoms with Crippen molar-refractivity contribution in [3.63, 3.8) is 0 Å². The number of aromatic nitrogens is 1. The maximum absolute atomic E-state index is 11.9. The number of carbonyl (C=O) groups is 1. The Morgan fingerprint density at radius 2 is 1.94 bits per heavy atom. The largest absolute Gasteiger partial charge is 0.468 e. The summed E-state index contributed by atoms with van der Waals surface area (Å²) in [5.74, 6) is -0.252. The maximum atomic E-state index is 11.9. The van der Waals surface area contributed by atoms with Gasteiger partial charge in [-0.2, -0.15) is 0 Å². The van der Waals surface area contributed by atoms with E-state index in [4.69, 9.17) is 4.74 Å². The van der Waals surface area contributed by atoms with E-state index >= 15 is 0 Å². The Bertz CT molecular complexity index is 602. The van der Waals surface area contributed by atoms with Gasteiger partial charge in [0.25, 0.3) is 0 Å². The molecule has 2 aromatic rings. The number of esters is 1. The monoisotopic (exact) mass is 243 g/mol. The summed E-state index contributed by atoms with van der Waals surface area (Å²) < 4.78 is 4.88. The van der Waals surface area contributed by atoms with Crippen molar-refractivity contribution in [2.45, 2.75) is 26.2 Å². The Kier molecular flexibility index (Phi) is 3.07. The summed E-state index contributed by atoms with van der Waals surface area (Å²) in [7, 11) is 1.41. The minimum Gasteiger partial charge on any atom is -0.468 e. The van der Waals surface area contributed by atoms with Crippen molar-refractivity contribution in [3.05, 3.63) is 41.6 Å². The number of rotatable bonds is 2. The predicted molar refractivity (Wildman–Crippen MR) is 71.5 cm³/mol. The molecule has 0 saturated carbocycles. The molecule has 0 spiro atoms. The molecule has 0 saturated heterocycles. The number of ether oxygens (including phenoxy) is 1. The number of hydrogen-bond donors (Lipinski definition) is 0. The van der Waals surface area contributed by atoms with Crippen molar-refractivity contribution < 1.29 is 9.53 Å². The number of para-hydroxylation sites is 1. The van der Waals surface area contributed by atoms with E-state index in [-0.39, 0.29) is 5.97 Å². The van der Waals surface area contributed by atoms with Gasteiger partial charge in [-0.15, -0.1) is 0 Å². The smallest absolute Gasteiger partial charge is 0.315 e. The molecule has 18 heavy (non-hydrogen) atoms. The zero-order valence-corrected chi connectivity index (χ0v) is 11.2. The van der Waals surface area contributed by atoms with E-state index in [1.54, 1.807) is 0 Å². The van der Waals surface area contributed by atoms with Crippen molar-refractivity contribution in [3.8, 4) is 0 Å². The Morgan fingerprint density at radius 1 is 1.22 bits per heavy atom. The number of carbonyl (C=O) groups excluding carboxylic acids is 1. The van der Waals surface area contributed by atoms with E-state index in [0.29, 0.717) is 0 Å². The standard InChI is InChI=1S/C15H17NO2/c1-10-8-9-11-6-5-7-12(13(11)16-10)15(2,3)14(17)18-4/h5-9H,1-4H3. The van der Waals surface area contributed by atoms with Crippen LogP contribution in [-0.4, -0.2) is 18.1 Å². The average Bonchev–Trinajstić information content (AvgIpc) is 2.36. The van der Waals surface area contributed by atoms with Gasteiger partial charge in [0.15, 0.2) is 0 Å². The van der Waals surface area contributed by atoms with E-state index in [1.165, 1.54) is 7.11 Å². The summed E-state index contributed by atoms with van der Waals surface area (Å²) in [4.78, 5) is 16.5. The van der Waals surface area contributed by atoms with Crippen LogP contribution in [0.3, 0.4) is 0 Å². The van der Waals surface area contributed by atoms with Gasteiger partial charge in [0.1, 0.15) is 0 Å². The van der Waals surface area contributed by atoms with Gasteiger partial charge < -0.3 is 4.74 Å². The minimum absolute atomic E-state index is 0.252. The van der Waals surface area contributed by atoms with Crippen LogP contribution in [0.1, 0.15) is 25.1 Å². The number of nitrogens with zero attached hydrogens (tertiary/aromatic N) is 1. The number of methoxy groups -OCH3 is 1. The first-order valence-corrected chi connectivity index (χ1v) is 5.92. The van der Waals surface area contributed by atoms with Crippen molar-refractivity contribution >= 4 is 16.9 Å². The van der Waals surface area contributed by atoms with E-state index in [2.05, 4.69) is 4.98 Å². The average molecular weight is 243 g/mol. The number of benzene rings is 1. The van der Waals surface area contributed by atoms with Crippen LogP contribution in [-0.2, 0) is 14.9 Å². The van der Waals surface area contributed by atoms with Crippen molar-refractivity contribution in [1.82, 2.24) is 4.98 Å².